The number of alkyl halides is 3. The lowest BCUT2D eigenvalue weighted by atomic mass is 9.81. The van der Waals surface area contributed by atoms with E-state index >= 15 is 0 Å². The number of anilines is 1. The van der Waals surface area contributed by atoms with E-state index in [1.807, 2.05) is 0 Å². The first-order valence-corrected chi connectivity index (χ1v) is 16.9. The zero-order valence-electron chi connectivity index (χ0n) is 29.3. The number of rotatable bonds is 11. The number of amides is 3. The Morgan fingerprint density at radius 1 is 0.923 bits per heavy atom. The van der Waals surface area contributed by atoms with E-state index in [1.54, 1.807) is 69.3 Å². The van der Waals surface area contributed by atoms with Crippen LogP contribution in [-0.4, -0.2) is 63.8 Å². The molecule has 3 amide bonds. The molecule has 1 saturated carbocycles. The number of aromatic nitrogens is 4. The number of tetrazole rings is 1. The Morgan fingerprint density at radius 2 is 1.60 bits per heavy atom. The predicted octanol–water partition coefficient (Wildman–Crippen LogP) is 6.56. The monoisotopic (exact) mass is 721 g/mol. The molecule has 1 fully saturated rings. The molecule has 4 N–H and O–H groups in total. The third-order valence-corrected chi connectivity index (χ3v) is 8.78. The molecular formula is C37H42F3N7O5. The molecule has 3 aromatic carbocycles. The van der Waals surface area contributed by atoms with Gasteiger partial charge in [0.15, 0.2) is 0 Å². The number of ether oxygens (including phenoxy) is 2. The highest BCUT2D eigenvalue weighted by atomic mass is 19.4. The van der Waals surface area contributed by atoms with Crippen LogP contribution in [0, 0.1) is 11.8 Å². The third kappa shape index (κ3) is 10.3. The summed E-state index contributed by atoms with van der Waals surface area (Å²) in [5.74, 6) is -0.398. The Hall–Kier alpha value is -5.47. The smallest absolute Gasteiger partial charge is 0.417 e. The lowest BCUT2D eigenvalue weighted by Crippen LogP contribution is -2.48. The zero-order valence-corrected chi connectivity index (χ0v) is 29.3. The fourth-order valence-electron chi connectivity index (χ4n) is 6.08. The molecule has 4 aromatic rings. The predicted molar refractivity (Wildman–Crippen MR) is 187 cm³/mol. The average Bonchev–Trinajstić information content (AvgIpc) is 3.65. The van der Waals surface area contributed by atoms with Gasteiger partial charge in [-0.2, -0.15) is 18.4 Å². The number of carbonyl (C=O) groups is 3. The van der Waals surface area contributed by atoms with Gasteiger partial charge in [0, 0.05) is 30.1 Å². The van der Waals surface area contributed by atoms with Gasteiger partial charge < -0.3 is 25.4 Å². The summed E-state index contributed by atoms with van der Waals surface area (Å²) in [6.45, 7) is 5.82. The van der Waals surface area contributed by atoms with Crippen LogP contribution in [0.25, 0.3) is 22.5 Å². The van der Waals surface area contributed by atoms with Crippen LogP contribution in [0.15, 0.2) is 66.7 Å². The van der Waals surface area contributed by atoms with Crippen molar-refractivity contribution in [2.45, 2.75) is 70.7 Å². The second-order valence-corrected chi connectivity index (χ2v) is 13.8. The number of aromatic amines is 1. The summed E-state index contributed by atoms with van der Waals surface area (Å²) < 4.78 is 52.1. The molecule has 1 atom stereocenters. The van der Waals surface area contributed by atoms with E-state index in [0.717, 1.165) is 6.07 Å². The topological polar surface area (TPSA) is 160 Å². The second kappa shape index (κ2) is 16.3. The summed E-state index contributed by atoms with van der Waals surface area (Å²) in [5, 5.41) is 22.4. The molecule has 1 aliphatic rings. The van der Waals surface area contributed by atoms with Crippen LogP contribution in [0.5, 0.6) is 5.75 Å². The summed E-state index contributed by atoms with van der Waals surface area (Å²) in [6.07, 6.45) is -2.42. The fraction of sp³-hybridized carbons (Fsp3) is 0.405. The second-order valence-electron chi connectivity index (χ2n) is 13.8. The first-order valence-electron chi connectivity index (χ1n) is 16.9. The van der Waals surface area contributed by atoms with Crippen molar-refractivity contribution < 1.29 is 37.0 Å². The lowest BCUT2D eigenvalue weighted by molar-refractivity contribution is -0.137. The first-order chi connectivity index (χ1) is 24.7. The van der Waals surface area contributed by atoms with Gasteiger partial charge in [-0.25, -0.2) is 4.79 Å². The summed E-state index contributed by atoms with van der Waals surface area (Å²) in [6, 6.07) is 16.0. The normalized spacial score (nSPS) is 16.8. The third-order valence-electron chi connectivity index (χ3n) is 8.78. The van der Waals surface area contributed by atoms with E-state index in [-0.39, 0.29) is 35.5 Å². The van der Waals surface area contributed by atoms with Crippen LogP contribution in [0.1, 0.15) is 57.6 Å². The fourth-order valence-corrected chi connectivity index (χ4v) is 6.08. The number of benzene rings is 3. The molecule has 0 spiro atoms. The maximum Gasteiger partial charge on any atom is 0.417 e. The van der Waals surface area contributed by atoms with Crippen molar-refractivity contribution in [2.75, 3.05) is 19.0 Å². The van der Waals surface area contributed by atoms with Crippen molar-refractivity contribution in [3.05, 3.63) is 77.9 Å². The number of alkyl carbamates (subject to hydrolysis) is 1. The minimum Gasteiger partial charge on any atom is -0.497 e. The van der Waals surface area contributed by atoms with Crippen LogP contribution in [-0.2, 0) is 26.9 Å². The molecule has 1 unspecified atom stereocenters. The number of hydrogen-bond acceptors (Lipinski definition) is 8. The number of hydrogen-bond donors (Lipinski definition) is 4. The maximum absolute atomic E-state index is 13.9. The molecule has 52 heavy (non-hydrogen) atoms. The van der Waals surface area contributed by atoms with Gasteiger partial charge in [0.1, 0.15) is 17.4 Å². The lowest BCUT2D eigenvalue weighted by Gasteiger charge is -2.29. The highest BCUT2D eigenvalue weighted by molar-refractivity contribution is 5.97. The molecule has 5 rings (SSSR count). The quantitative estimate of drug-likeness (QED) is 0.136. The average molecular weight is 722 g/mol. The number of carbonyl (C=O) groups excluding carboxylic acids is 3. The Morgan fingerprint density at radius 3 is 2.19 bits per heavy atom. The van der Waals surface area contributed by atoms with Crippen molar-refractivity contribution in [1.82, 2.24) is 31.3 Å². The minimum absolute atomic E-state index is 0.0105. The van der Waals surface area contributed by atoms with Gasteiger partial charge in [0.2, 0.25) is 17.6 Å². The number of H-pyrrole nitrogens is 1. The number of nitrogens with zero attached hydrogens (tertiary/aromatic N) is 3. The number of methoxy groups -OCH3 is 1. The van der Waals surface area contributed by atoms with E-state index in [2.05, 4.69) is 36.6 Å². The van der Waals surface area contributed by atoms with Crippen LogP contribution in [0.4, 0.5) is 23.7 Å². The first kappa shape index (κ1) is 37.8. The van der Waals surface area contributed by atoms with Gasteiger partial charge >= 0.3 is 12.3 Å². The summed E-state index contributed by atoms with van der Waals surface area (Å²) in [5.41, 5.74) is 0.687. The van der Waals surface area contributed by atoms with E-state index in [4.69, 9.17) is 9.47 Å². The molecule has 1 aliphatic carbocycles. The van der Waals surface area contributed by atoms with Gasteiger partial charge in [-0.3, -0.25) is 9.59 Å². The van der Waals surface area contributed by atoms with E-state index in [9.17, 15) is 27.6 Å². The minimum atomic E-state index is -4.60. The van der Waals surface area contributed by atoms with Crippen molar-refractivity contribution in [3.8, 4) is 28.3 Å². The molecular weight excluding hydrogens is 679 g/mol. The Balaban J connectivity index is 1.28. The van der Waals surface area contributed by atoms with Crippen LogP contribution < -0.4 is 20.7 Å². The number of halogens is 3. The van der Waals surface area contributed by atoms with Gasteiger partial charge in [-0.05, 0) is 111 Å². The molecule has 0 bridgehead atoms. The Kier molecular flexibility index (Phi) is 11.8. The van der Waals surface area contributed by atoms with Crippen LogP contribution in [0.3, 0.4) is 0 Å². The van der Waals surface area contributed by atoms with E-state index in [0.29, 0.717) is 60.4 Å². The summed E-state index contributed by atoms with van der Waals surface area (Å²) in [7, 11) is 1.30. The highest BCUT2D eigenvalue weighted by Gasteiger charge is 2.34. The van der Waals surface area contributed by atoms with Crippen molar-refractivity contribution >= 4 is 23.6 Å². The molecule has 15 heteroatoms. The molecule has 0 radical (unpaired) electrons. The van der Waals surface area contributed by atoms with Crippen molar-refractivity contribution in [3.63, 3.8) is 0 Å². The van der Waals surface area contributed by atoms with Crippen LogP contribution >= 0.6 is 0 Å². The Bertz CT molecular complexity index is 1820. The molecule has 0 aliphatic heterocycles. The van der Waals surface area contributed by atoms with Gasteiger partial charge in [0.05, 0.1) is 12.7 Å². The van der Waals surface area contributed by atoms with Gasteiger partial charge in [-0.15, -0.1) is 10.2 Å². The van der Waals surface area contributed by atoms with Crippen LogP contribution in [0.2, 0.25) is 0 Å². The molecule has 1 aromatic heterocycles. The molecule has 1 heterocycles. The number of nitrogens with one attached hydrogen (secondary N) is 4. The largest absolute Gasteiger partial charge is 0.497 e. The maximum atomic E-state index is 13.9. The standard InChI is InChI=1S/C37H42F3N7O5/c1-36(2,3)52-35(50)41-21-23-7-11-26(12-8-23)33(48)43-31(34(49)42-27-15-13-25(14-16-27)32-44-46-47-45-32)19-22-5-9-24(10-6-22)29-18-17-28(51-4)20-30(29)37(38,39)40/h5-6,9-10,13-18,20,23,26,31H,7-8,11-12,19,21H2,1-4H3,(H,41,50)(H,42,49)(H,43,48)(H,44,45,46,47). The summed E-state index contributed by atoms with van der Waals surface area (Å²) >= 11 is 0. The van der Waals surface area contributed by atoms with Gasteiger partial charge in [-0.1, -0.05) is 30.3 Å². The van der Waals surface area contributed by atoms with Crippen molar-refractivity contribution in [1.29, 1.82) is 0 Å². The zero-order chi connectivity index (χ0) is 37.5. The Labute approximate surface area is 299 Å². The molecule has 0 saturated heterocycles. The SMILES string of the molecule is COc1ccc(-c2ccc(CC(NC(=O)C3CCC(CNC(=O)OC(C)(C)C)CC3)C(=O)Nc3ccc(-c4nn[nH]n4)cc3)cc2)c(C(F)(F)F)c1. The molecule has 276 valence electrons. The van der Waals surface area contributed by atoms with E-state index in [1.165, 1.54) is 19.2 Å². The van der Waals surface area contributed by atoms with Crippen molar-refractivity contribution in [2.24, 2.45) is 11.8 Å². The summed E-state index contributed by atoms with van der Waals surface area (Å²) in [4.78, 5) is 39.3. The van der Waals surface area contributed by atoms with Gasteiger partial charge in [0.25, 0.3) is 0 Å². The highest BCUT2D eigenvalue weighted by Crippen LogP contribution is 2.39. The van der Waals surface area contributed by atoms with E-state index < -0.39 is 35.4 Å². The molecule has 12 nitrogen and oxygen atoms in total.